The summed E-state index contributed by atoms with van der Waals surface area (Å²) in [4.78, 5) is 16.5. The molecule has 1 N–H and O–H groups in total. The van der Waals surface area contributed by atoms with Crippen LogP contribution in [0.25, 0.3) is 0 Å². The predicted molar refractivity (Wildman–Crippen MR) is 100 cm³/mol. The molecular formula is C19H16ClNO2S. The highest BCUT2D eigenvalue weighted by atomic mass is 35.5. The Morgan fingerprint density at radius 2 is 1.83 bits per heavy atom. The Kier molecular flexibility index (Phi) is 5.07. The topological polar surface area (TPSA) is 49.7 Å². The van der Waals surface area contributed by atoms with Crippen molar-refractivity contribution in [3.8, 4) is 0 Å². The predicted octanol–water partition coefficient (Wildman–Crippen LogP) is 5.65. The van der Waals surface area contributed by atoms with Crippen molar-refractivity contribution in [1.29, 1.82) is 0 Å². The fourth-order valence-corrected chi connectivity index (χ4v) is 4.03. The first-order valence-electron chi connectivity index (χ1n) is 7.54. The van der Waals surface area contributed by atoms with Crippen LogP contribution < -0.4 is 0 Å². The number of aliphatic imine (C=N–C) groups is 1. The molecule has 2 aromatic carbocycles. The molecule has 0 amide bonds. The number of hydrogen-bond acceptors (Lipinski definition) is 4. The summed E-state index contributed by atoms with van der Waals surface area (Å²) in [6.45, 7) is 1.45. The fraction of sp³-hybridized carbons (Fsp3) is 0.158. The molecule has 1 aliphatic heterocycles. The molecule has 5 heteroatoms. The van der Waals surface area contributed by atoms with Crippen molar-refractivity contribution in [2.24, 2.45) is 4.99 Å². The Bertz CT molecular complexity index is 813. The molecule has 1 heterocycles. The maximum absolute atomic E-state index is 12.0. The number of aliphatic hydroxyl groups is 1. The van der Waals surface area contributed by atoms with E-state index in [-0.39, 0.29) is 16.8 Å². The Morgan fingerprint density at radius 3 is 2.46 bits per heavy atom. The third-order valence-corrected chi connectivity index (χ3v) is 5.21. The second kappa shape index (κ2) is 7.24. The first-order chi connectivity index (χ1) is 11.5. The molecule has 0 saturated carbocycles. The van der Waals surface area contributed by atoms with Crippen LogP contribution in [-0.4, -0.2) is 15.9 Å². The van der Waals surface area contributed by atoms with Gasteiger partial charge in [0.25, 0.3) is 0 Å². The van der Waals surface area contributed by atoms with Crippen LogP contribution in [0.15, 0.2) is 70.9 Å². The van der Waals surface area contributed by atoms with Crippen LogP contribution >= 0.6 is 23.4 Å². The zero-order valence-corrected chi connectivity index (χ0v) is 14.6. The number of carbonyl (C=O) groups is 1. The van der Waals surface area contributed by atoms with Crippen LogP contribution in [0.2, 0.25) is 5.02 Å². The van der Waals surface area contributed by atoms with E-state index in [1.165, 1.54) is 18.7 Å². The minimum absolute atomic E-state index is 0.0281. The minimum Gasteiger partial charge on any atom is -0.511 e. The number of thioether (sulfide) groups is 1. The lowest BCUT2D eigenvalue weighted by Gasteiger charge is -2.24. The zero-order chi connectivity index (χ0) is 17.1. The Hall–Kier alpha value is -2.04. The van der Waals surface area contributed by atoms with E-state index in [9.17, 15) is 9.90 Å². The van der Waals surface area contributed by atoms with Crippen molar-refractivity contribution < 1.29 is 9.90 Å². The molecule has 0 bridgehead atoms. The van der Waals surface area contributed by atoms with Crippen molar-refractivity contribution in [3.63, 3.8) is 0 Å². The SMILES string of the molecule is CC(=O)C1=C(O)C[C@H](c2ccccc2)SC1=Nc1ccc(Cl)cc1. The third-order valence-electron chi connectivity index (χ3n) is 3.72. The van der Waals surface area contributed by atoms with E-state index in [4.69, 9.17) is 11.6 Å². The largest absolute Gasteiger partial charge is 0.511 e. The van der Waals surface area contributed by atoms with Crippen molar-refractivity contribution >= 4 is 39.9 Å². The second-order valence-corrected chi connectivity index (χ2v) is 7.12. The number of allylic oxidation sites excluding steroid dienone is 1. The molecule has 3 rings (SSSR count). The average Bonchev–Trinajstić information content (AvgIpc) is 2.57. The van der Waals surface area contributed by atoms with Gasteiger partial charge in [0, 0.05) is 16.7 Å². The van der Waals surface area contributed by atoms with E-state index in [0.29, 0.717) is 27.7 Å². The first kappa shape index (κ1) is 16.8. The molecular weight excluding hydrogens is 342 g/mol. The van der Waals surface area contributed by atoms with Crippen molar-refractivity contribution in [3.05, 3.63) is 76.5 Å². The monoisotopic (exact) mass is 357 g/mol. The molecule has 0 radical (unpaired) electrons. The molecule has 0 saturated heterocycles. The van der Waals surface area contributed by atoms with Gasteiger partial charge >= 0.3 is 0 Å². The molecule has 122 valence electrons. The minimum atomic E-state index is -0.181. The molecule has 0 spiro atoms. The van der Waals surface area contributed by atoms with Crippen LogP contribution in [0.4, 0.5) is 5.69 Å². The summed E-state index contributed by atoms with van der Waals surface area (Å²) in [6.07, 6.45) is 0.420. The van der Waals surface area contributed by atoms with E-state index < -0.39 is 0 Å². The Labute approximate surface area is 150 Å². The number of carbonyl (C=O) groups excluding carboxylic acids is 1. The lowest BCUT2D eigenvalue weighted by atomic mass is 10.0. The molecule has 1 aliphatic rings. The number of Topliss-reactive ketones (excluding diaryl/α,β-unsaturated/α-hetero) is 1. The maximum atomic E-state index is 12.0. The van der Waals surface area contributed by atoms with Gasteiger partial charge < -0.3 is 5.11 Å². The molecule has 0 unspecified atom stereocenters. The number of benzene rings is 2. The van der Waals surface area contributed by atoms with Crippen LogP contribution in [0.1, 0.15) is 24.2 Å². The molecule has 0 aliphatic carbocycles. The van der Waals surface area contributed by atoms with Gasteiger partial charge in [-0.3, -0.25) is 4.79 Å². The van der Waals surface area contributed by atoms with Gasteiger partial charge in [0.1, 0.15) is 10.8 Å². The first-order valence-corrected chi connectivity index (χ1v) is 8.79. The van der Waals surface area contributed by atoms with Crippen LogP contribution in [0.5, 0.6) is 0 Å². The Morgan fingerprint density at radius 1 is 1.17 bits per heavy atom. The molecule has 0 fully saturated rings. The number of nitrogens with zero attached hydrogens (tertiary/aromatic N) is 1. The highest BCUT2D eigenvalue weighted by Gasteiger charge is 2.30. The number of hydrogen-bond donors (Lipinski definition) is 1. The summed E-state index contributed by atoms with van der Waals surface area (Å²) in [5.74, 6) is -0.0814. The third kappa shape index (κ3) is 3.71. The Balaban J connectivity index is 2.01. The summed E-state index contributed by atoms with van der Waals surface area (Å²) in [7, 11) is 0. The van der Waals surface area contributed by atoms with Gasteiger partial charge in [-0.2, -0.15) is 0 Å². The van der Waals surface area contributed by atoms with Gasteiger partial charge in [0.15, 0.2) is 5.78 Å². The van der Waals surface area contributed by atoms with Crippen molar-refractivity contribution in [1.82, 2.24) is 0 Å². The maximum Gasteiger partial charge on any atom is 0.165 e. The van der Waals surface area contributed by atoms with Crippen LogP contribution in [0.3, 0.4) is 0 Å². The number of halogens is 1. The van der Waals surface area contributed by atoms with Gasteiger partial charge in [0.2, 0.25) is 0 Å². The second-order valence-electron chi connectivity index (χ2n) is 5.49. The molecule has 1 atom stereocenters. The normalized spacial score (nSPS) is 19.6. The van der Waals surface area contributed by atoms with Gasteiger partial charge in [-0.25, -0.2) is 4.99 Å². The zero-order valence-electron chi connectivity index (χ0n) is 13.1. The van der Waals surface area contributed by atoms with Gasteiger partial charge in [-0.1, -0.05) is 53.7 Å². The smallest absolute Gasteiger partial charge is 0.165 e. The van der Waals surface area contributed by atoms with Crippen molar-refractivity contribution in [2.75, 3.05) is 0 Å². The summed E-state index contributed by atoms with van der Waals surface area (Å²) in [5.41, 5.74) is 2.10. The lowest BCUT2D eigenvalue weighted by Crippen LogP contribution is -2.18. The number of ketones is 1. The highest BCUT2D eigenvalue weighted by Crippen LogP contribution is 2.43. The standard InChI is InChI=1S/C19H16ClNO2S/c1-12(22)18-16(23)11-17(13-5-3-2-4-6-13)24-19(18)21-15-9-7-14(20)8-10-15/h2-10,17,23H,11H2,1H3/t17-/m1/s1. The molecule has 0 aromatic heterocycles. The van der Waals surface area contributed by atoms with Gasteiger partial charge in [-0.05, 0) is 36.8 Å². The van der Waals surface area contributed by atoms with E-state index in [0.717, 1.165) is 5.56 Å². The fourth-order valence-electron chi connectivity index (χ4n) is 2.56. The number of aliphatic hydroxyl groups excluding tert-OH is 1. The summed E-state index contributed by atoms with van der Waals surface area (Å²) in [5, 5.41) is 11.6. The van der Waals surface area contributed by atoms with E-state index >= 15 is 0 Å². The quantitative estimate of drug-likeness (QED) is 0.772. The van der Waals surface area contributed by atoms with E-state index in [1.54, 1.807) is 24.3 Å². The molecule has 3 nitrogen and oxygen atoms in total. The van der Waals surface area contributed by atoms with E-state index in [2.05, 4.69) is 4.99 Å². The summed E-state index contributed by atoms with van der Waals surface area (Å²) in [6, 6.07) is 17.0. The van der Waals surface area contributed by atoms with Crippen LogP contribution in [0, 0.1) is 0 Å². The van der Waals surface area contributed by atoms with Crippen LogP contribution in [-0.2, 0) is 4.79 Å². The van der Waals surface area contributed by atoms with Gasteiger partial charge in [0.05, 0.1) is 11.3 Å². The number of rotatable bonds is 3. The average molecular weight is 358 g/mol. The lowest BCUT2D eigenvalue weighted by molar-refractivity contribution is -0.113. The summed E-state index contributed by atoms with van der Waals surface area (Å²) >= 11 is 7.40. The van der Waals surface area contributed by atoms with Crippen molar-refractivity contribution in [2.45, 2.75) is 18.6 Å². The summed E-state index contributed by atoms with van der Waals surface area (Å²) < 4.78 is 0. The van der Waals surface area contributed by atoms with E-state index in [1.807, 2.05) is 30.3 Å². The molecule has 2 aromatic rings. The molecule has 24 heavy (non-hydrogen) atoms. The van der Waals surface area contributed by atoms with Gasteiger partial charge in [-0.15, -0.1) is 0 Å². The highest BCUT2D eigenvalue weighted by molar-refractivity contribution is 8.14.